The summed E-state index contributed by atoms with van der Waals surface area (Å²) in [5, 5.41) is 1.83. The molecule has 6 nitrogen and oxygen atoms in total. The van der Waals surface area contributed by atoms with Gasteiger partial charge in [-0.25, -0.2) is 9.97 Å². The Morgan fingerprint density at radius 2 is 1.85 bits per heavy atom. The van der Waals surface area contributed by atoms with Crippen LogP contribution in [0, 0.1) is 0 Å². The molecule has 0 saturated heterocycles. The fourth-order valence-electron chi connectivity index (χ4n) is 1.78. The first-order valence-electron chi connectivity index (χ1n) is 6.20. The minimum absolute atomic E-state index is 0.188. The molecule has 0 saturated carbocycles. The first-order chi connectivity index (χ1) is 9.69. The van der Waals surface area contributed by atoms with Crippen molar-refractivity contribution in [2.75, 3.05) is 13.2 Å². The van der Waals surface area contributed by atoms with Crippen LogP contribution in [-0.4, -0.2) is 35.1 Å². The van der Waals surface area contributed by atoms with Crippen LogP contribution < -0.4 is 0 Å². The summed E-state index contributed by atoms with van der Waals surface area (Å²) in [5.74, 6) is -2.47. The van der Waals surface area contributed by atoms with E-state index in [1.165, 1.54) is 17.7 Å². The molecule has 7 heteroatoms. The Bertz CT molecular complexity index is 608. The monoisotopic (exact) mass is 294 g/mol. The molecule has 0 unspecified atom stereocenters. The molecule has 2 rings (SSSR count). The van der Waals surface area contributed by atoms with Crippen LogP contribution in [0.15, 0.2) is 17.8 Å². The first-order valence-corrected chi connectivity index (χ1v) is 7.08. The number of aromatic nitrogens is 2. The summed E-state index contributed by atoms with van der Waals surface area (Å²) in [6.45, 7) is 3.74. The molecule has 0 aliphatic carbocycles. The maximum absolute atomic E-state index is 12.0. The van der Waals surface area contributed by atoms with Crippen LogP contribution in [0.4, 0.5) is 0 Å². The lowest BCUT2D eigenvalue weighted by Gasteiger charge is -2.14. The molecule has 106 valence electrons. The van der Waals surface area contributed by atoms with Gasteiger partial charge in [0.1, 0.15) is 6.33 Å². The Hall–Kier alpha value is -2.02. The normalized spacial score (nSPS) is 10.8. The fraction of sp³-hybridized carbons (Fsp3) is 0.385. The van der Waals surface area contributed by atoms with Crippen molar-refractivity contribution in [1.82, 2.24) is 9.97 Å². The zero-order valence-electron chi connectivity index (χ0n) is 11.2. The van der Waals surface area contributed by atoms with E-state index >= 15 is 0 Å². The average molecular weight is 294 g/mol. The largest absolute Gasteiger partial charge is 0.465 e. The number of nitrogens with zero attached hydrogens (tertiary/aromatic N) is 2. The zero-order chi connectivity index (χ0) is 14.5. The van der Waals surface area contributed by atoms with Gasteiger partial charge in [0.05, 0.1) is 29.1 Å². The molecule has 0 fully saturated rings. The van der Waals surface area contributed by atoms with Gasteiger partial charge < -0.3 is 9.47 Å². The molecular weight excluding hydrogens is 280 g/mol. The van der Waals surface area contributed by atoms with Gasteiger partial charge in [0.25, 0.3) is 0 Å². The van der Waals surface area contributed by atoms with E-state index in [1.54, 1.807) is 19.9 Å². The number of fused-ring (bicyclic) bond motifs is 1. The highest BCUT2D eigenvalue weighted by molar-refractivity contribution is 7.17. The number of carbonyl (C=O) groups excluding carboxylic acids is 2. The molecule has 0 amide bonds. The van der Waals surface area contributed by atoms with Crippen LogP contribution in [0.2, 0.25) is 0 Å². The Balaban J connectivity index is 2.47. The predicted octanol–water partition coefficient (Wildman–Crippen LogP) is 1.90. The molecule has 0 atom stereocenters. The molecule has 0 bridgehead atoms. The van der Waals surface area contributed by atoms with Gasteiger partial charge in [0.15, 0.2) is 5.92 Å². The molecule has 2 heterocycles. The molecule has 0 aromatic carbocycles. The average Bonchev–Trinajstić information content (AvgIpc) is 2.89. The zero-order valence-corrected chi connectivity index (χ0v) is 12.0. The minimum Gasteiger partial charge on any atom is -0.465 e. The van der Waals surface area contributed by atoms with E-state index in [1.807, 2.05) is 5.38 Å². The fourth-order valence-corrected chi connectivity index (χ4v) is 2.65. The summed E-state index contributed by atoms with van der Waals surface area (Å²) >= 11 is 1.37. The summed E-state index contributed by atoms with van der Waals surface area (Å²) < 4.78 is 10.6. The number of esters is 2. The van der Waals surface area contributed by atoms with Crippen molar-refractivity contribution in [2.45, 2.75) is 19.8 Å². The molecule has 2 aromatic rings. The van der Waals surface area contributed by atoms with Crippen molar-refractivity contribution in [3.05, 3.63) is 23.5 Å². The van der Waals surface area contributed by atoms with Crippen LogP contribution in [0.25, 0.3) is 10.2 Å². The standard InChI is InChI=1S/C13H14N2O4S/c1-3-18-12(16)9(13(17)19-4-2)10-11-8(5-6-20-11)14-7-15-10/h5-7,9H,3-4H2,1-2H3. The number of hydrogen-bond acceptors (Lipinski definition) is 7. The third-order valence-corrected chi connectivity index (χ3v) is 3.51. The third kappa shape index (κ3) is 2.77. The van der Waals surface area contributed by atoms with Crippen molar-refractivity contribution in [1.29, 1.82) is 0 Å². The molecule has 0 aliphatic rings. The Morgan fingerprint density at radius 1 is 1.20 bits per heavy atom. The first kappa shape index (κ1) is 14.4. The van der Waals surface area contributed by atoms with Crippen LogP contribution in [0.1, 0.15) is 25.5 Å². The Kier molecular flexibility index (Phi) is 4.62. The van der Waals surface area contributed by atoms with Crippen molar-refractivity contribution >= 4 is 33.5 Å². The summed E-state index contributed by atoms with van der Waals surface area (Å²) in [5.41, 5.74) is 1.03. The van der Waals surface area contributed by atoms with Gasteiger partial charge in [0.2, 0.25) is 0 Å². The van der Waals surface area contributed by atoms with Gasteiger partial charge in [-0.3, -0.25) is 9.59 Å². The molecular formula is C13H14N2O4S. The van der Waals surface area contributed by atoms with Crippen molar-refractivity contribution in [3.63, 3.8) is 0 Å². The summed E-state index contributed by atoms with van der Waals surface area (Å²) in [4.78, 5) is 32.3. The van der Waals surface area contributed by atoms with Crippen molar-refractivity contribution in [2.24, 2.45) is 0 Å². The van der Waals surface area contributed by atoms with Gasteiger partial charge in [0, 0.05) is 0 Å². The second kappa shape index (κ2) is 6.42. The number of carbonyl (C=O) groups is 2. The molecule has 0 N–H and O–H groups in total. The Morgan fingerprint density at radius 3 is 2.45 bits per heavy atom. The van der Waals surface area contributed by atoms with Crippen LogP contribution in [-0.2, 0) is 19.1 Å². The van der Waals surface area contributed by atoms with Crippen molar-refractivity contribution in [3.8, 4) is 0 Å². The second-order valence-corrected chi connectivity index (χ2v) is 4.75. The van der Waals surface area contributed by atoms with E-state index in [0.29, 0.717) is 15.9 Å². The highest BCUT2D eigenvalue weighted by atomic mass is 32.1. The molecule has 0 spiro atoms. The lowest BCUT2D eigenvalue weighted by molar-refractivity contribution is -0.157. The highest BCUT2D eigenvalue weighted by Crippen LogP contribution is 2.28. The maximum atomic E-state index is 12.0. The quantitative estimate of drug-likeness (QED) is 0.619. The van der Waals surface area contributed by atoms with Crippen molar-refractivity contribution < 1.29 is 19.1 Å². The van der Waals surface area contributed by atoms with Crippen LogP contribution >= 0.6 is 11.3 Å². The number of rotatable bonds is 5. The predicted molar refractivity (Wildman–Crippen MR) is 73.4 cm³/mol. The van der Waals surface area contributed by atoms with Crippen LogP contribution in [0.3, 0.4) is 0 Å². The van der Waals surface area contributed by atoms with Gasteiger partial charge in [-0.2, -0.15) is 0 Å². The number of thiophene rings is 1. The number of hydrogen-bond donors (Lipinski definition) is 0. The lowest BCUT2D eigenvalue weighted by Crippen LogP contribution is -2.27. The number of ether oxygens (including phenoxy) is 2. The smallest absolute Gasteiger partial charge is 0.326 e. The van der Waals surface area contributed by atoms with E-state index in [0.717, 1.165) is 0 Å². The summed E-state index contributed by atoms with van der Waals surface area (Å²) in [7, 11) is 0. The Labute approximate surface area is 119 Å². The van der Waals surface area contributed by atoms with E-state index < -0.39 is 17.9 Å². The third-order valence-electron chi connectivity index (χ3n) is 2.59. The van der Waals surface area contributed by atoms with E-state index in [4.69, 9.17) is 9.47 Å². The topological polar surface area (TPSA) is 78.4 Å². The van der Waals surface area contributed by atoms with Gasteiger partial charge in [-0.05, 0) is 25.3 Å². The molecule has 20 heavy (non-hydrogen) atoms. The van der Waals surface area contributed by atoms with Gasteiger partial charge in [-0.1, -0.05) is 0 Å². The maximum Gasteiger partial charge on any atom is 0.326 e. The van der Waals surface area contributed by atoms with Gasteiger partial charge in [-0.15, -0.1) is 11.3 Å². The molecule has 0 aliphatic heterocycles. The summed E-state index contributed by atoms with van der Waals surface area (Å²) in [6, 6.07) is 1.80. The molecule has 2 aromatic heterocycles. The van der Waals surface area contributed by atoms with Gasteiger partial charge >= 0.3 is 11.9 Å². The highest BCUT2D eigenvalue weighted by Gasteiger charge is 2.34. The van der Waals surface area contributed by atoms with E-state index in [-0.39, 0.29) is 13.2 Å². The molecule has 0 radical (unpaired) electrons. The minimum atomic E-state index is -1.17. The SMILES string of the molecule is CCOC(=O)C(C(=O)OCC)c1ncnc2ccsc12. The summed E-state index contributed by atoms with van der Waals surface area (Å²) in [6.07, 6.45) is 1.33. The van der Waals surface area contributed by atoms with Crippen LogP contribution in [0.5, 0.6) is 0 Å². The second-order valence-electron chi connectivity index (χ2n) is 3.83. The van der Waals surface area contributed by atoms with E-state index in [9.17, 15) is 9.59 Å². The van der Waals surface area contributed by atoms with E-state index in [2.05, 4.69) is 9.97 Å². The lowest BCUT2D eigenvalue weighted by atomic mass is 10.1.